The molecule has 0 radical (unpaired) electrons. The summed E-state index contributed by atoms with van der Waals surface area (Å²) in [5.41, 5.74) is 12.4. The molecule has 0 unspecified atom stereocenters. The molecule has 2 nitrogen and oxygen atoms in total. The van der Waals surface area contributed by atoms with Gasteiger partial charge in [-0.3, -0.25) is 0 Å². The first-order valence-electron chi connectivity index (χ1n) is 18.6. The Kier molecular flexibility index (Phi) is 8.82. The van der Waals surface area contributed by atoms with Crippen LogP contribution in [0.4, 0.5) is 0 Å². The molecule has 54 heavy (non-hydrogen) atoms. The molecule has 6 aromatic carbocycles. The van der Waals surface area contributed by atoms with Gasteiger partial charge in [-0.25, -0.2) is 0 Å². The number of hydrogen-bond acceptors (Lipinski definition) is 2. The van der Waals surface area contributed by atoms with Crippen LogP contribution >= 0.6 is 0 Å². The van der Waals surface area contributed by atoms with Crippen LogP contribution in [0.2, 0.25) is 0 Å². The van der Waals surface area contributed by atoms with Crippen LogP contribution in [0.5, 0.6) is 0 Å². The number of rotatable bonds is 4. The second-order valence-corrected chi connectivity index (χ2v) is 16.5. The molecular formula is C51H42N2Pt. The Balaban J connectivity index is 0.00000413. The summed E-state index contributed by atoms with van der Waals surface area (Å²) in [4.78, 5) is 10.1. The van der Waals surface area contributed by atoms with Crippen LogP contribution in [0.3, 0.4) is 0 Å². The van der Waals surface area contributed by atoms with E-state index < -0.39 is 5.41 Å². The first-order chi connectivity index (χ1) is 25.5. The SMILES string of the molecule is CC(C)(C)c1cc(-c2cc3ccccc3cn2)[c-]c(C2(c3[c-]c(-c4nccc5ccccc45)cc(C(C)(C)C)c3)c3ccccc3-c3ccccc32)c1.[Pt+2]. The molecule has 9 rings (SSSR count). The summed E-state index contributed by atoms with van der Waals surface area (Å²) in [5.74, 6) is 0. The van der Waals surface area contributed by atoms with Crippen LogP contribution in [0.25, 0.3) is 55.2 Å². The summed E-state index contributed by atoms with van der Waals surface area (Å²) in [7, 11) is 0. The fraction of sp³-hybridized carbons (Fsp3) is 0.176. The molecule has 0 N–H and O–H groups in total. The van der Waals surface area contributed by atoms with Crippen LogP contribution < -0.4 is 0 Å². The Morgan fingerprint density at radius 1 is 0.500 bits per heavy atom. The Morgan fingerprint density at radius 2 is 1.02 bits per heavy atom. The topological polar surface area (TPSA) is 25.8 Å². The van der Waals surface area contributed by atoms with Crippen molar-refractivity contribution in [3.63, 3.8) is 0 Å². The Morgan fingerprint density at radius 3 is 1.65 bits per heavy atom. The molecule has 266 valence electrons. The van der Waals surface area contributed by atoms with E-state index in [0.29, 0.717) is 0 Å². The first-order valence-corrected chi connectivity index (χ1v) is 18.6. The van der Waals surface area contributed by atoms with Crippen molar-refractivity contribution in [3.05, 3.63) is 191 Å². The number of nitrogens with zero attached hydrogens (tertiary/aromatic N) is 2. The summed E-state index contributed by atoms with van der Waals surface area (Å²) in [6.07, 6.45) is 3.91. The van der Waals surface area contributed by atoms with E-state index in [9.17, 15) is 0 Å². The van der Waals surface area contributed by atoms with E-state index in [1.54, 1.807) is 0 Å². The normalized spacial score (nSPS) is 13.4. The van der Waals surface area contributed by atoms with Crippen LogP contribution in [-0.4, -0.2) is 9.97 Å². The van der Waals surface area contributed by atoms with E-state index in [1.807, 2.05) is 12.4 Å². The summed E-state index contributed by atoms with van der Waals surface area (Å²) in [6, 6.07) is 56.6. The van der Waals surface area contributed by atoms with Crippen LogP contribution in [0.1, 0.15) is 74.9 Å². The van der Waals surface area contributed by atoms with Crippen molar-refractivity contribution in [2.24, 2.45) is 0 Å². The zero-order valence-corrected chi connectivity index (χ0v) is 33.8. The zero-order valence-electron chi connectivity index (χ0n) is 31.6. The standard InChI is InChI=1S/C51H42N2.Pt/c1-49(2,3)38-25-36(47-29-34-16-7-8-17-35(34)32-53-47)26-40(30-38)51(45-21-13-11-19-43(45)44-20-12-14-22-46(44)51)41-28-37(27-39(31-41)50(4,5)6)48-42-18-10-9-15-33(42)23-24-52-48;/h7-25,27,29-32H,1-6H3;/q-2;+2. The third kappa shape index (κ3) is 5.83. The molecular weight excluding hydrogens is 836 g/mol. The Bertz CT molecular complexity index is 2660. The minimum Gasteiger partial charge on any atom is -0.304 e. The van der Waals surface area contributed by atoms with Crippen molar-refractivity contribution in [3.8, 4) is 33.6 Å². The number of hydrogen-bond donors (Lipinski definition) is 0. The van der Waals surface area contributed by atoms with E-state index in [4.69, 9.17) is 9.97 Å². The smallest absolute Gasteiger partial charge is 0.304 e. The van der Waals surface area contributed by atoms with Gasteiger partial charge in [-0.2, -0.15) is 0 Å². The Hall–Kier alpha value is -5.17. The minimum absolute atomic E-state index is 0. The van der Waals surface area contributed by atoms with Gasteiger partial charge in [0.15, 0.2) is 0 Å². The molecule has 0 saturated carbocycles. The molecule has 0 saturated heterocycles. The van der Waals surface area contributed by atoms with Crippen molar-refractivity contribution in [2.75, 3.05) is 0 Å². The van der Waals surface area contributed by atoms with E-state index in [-0.39, 0.29) is 31.9 Å². The third-order valence-electron chi connectivity index (χ3n) is 11.1. The van der Waals surface area contributed by atoms with Crippen molar-refractivity contribution in [1.82, 2.24) is 9.97 Å². The molecule has 2 aromatic heterocycles. The predicted molar refractivity (Wildman–Crippen MR) is 220 cm³/mol. The van der Waals surface area contributed by atoms with Crippen molar-refractivity contribution >= 4 is 21.5 Å². The maximum absolute atomic E-state index is 5.03. The van der Waals surface area contributed by atoms with Gasteiger partial charge in [0.2, 0.25) is 0 Å². The fourth-order valence-electron chi connectivity index (χ4n) is 8.20. The van der Waals surface area contributed by atoms with E-state index in [1.165, 1.54) is 44.2 Å². The van der Waals surface area contributed by atoms with Gasteiger partial charge < -0.3 is 9.97 Å². The van der Waals surface area contributed by atoms with E-state index in [2.05, 4.69) is 187 Å². The second kappa shape index (κ2) is 13.3. The molecule has 1 aliphatic carbocycles. The molecule has 8 aromatic rings. The molecule has 0 fully saturated rings. The largest absolute Gasteiger partial charge is 2.00 e. The molecule has 2 heterocycles. The molecule has 3 heteroatoms. The fourth-order valence-corrected chi connectivity index (χ4v) is 8.20. The van der Waals surface area contributed by atoms with Crippen LogP contribution in [-0.2, 0) is 37.3 Å². The summed E-state index contributed by atoms with van der Waals surface area (Å²) >= 11 is 0. The van der Waals surface area contributed by atoms with Gasteiger partial charge in [-0.15, -0.1) is 69.8 Å². The van der Waals surface area contributed by atoms with Gasteiger partial charge in [0.05, 0.1) is 0 Å². The van der Waals surface area contributed by atoms with Gasteiger partial charge in [-0.1, -0.05) is 145 Å². The molecule has 0 atom stereocenters. The Labute approximate surface area is 333 Å². The first kappa shape index (κ1) is 35.8. The van der Waals surface area contributed by atoms with Gasteiger partial charge in [-0.05, 0) is 72.1 Å². The number of pyridine rings is 2. The van der Waals surface area contributed by atoms with Crippen molar-refractivity contribution in [2.45, 2.75) is 57.8 Å². The summed E-state index contributed by atoms with van der Waals surface area (Å²) < 4.78 is 0. The minimum atomic E-state index is -0.722. The molecule has 1 aliphatic rings. The molecule has 0 bridgehead atoms. The average Bonchev–Trinajstić information content (AvgIpc) is 3.47. The van der Waals surface area contributed by atoms with Crippen molar-refractivity contribution in [1.29, 1.82) is 0 Å². The van der Waals surface area contributed by atoms with Crippen LogP contribution in [0, 0.1) is 12.1 Å². The summed E-state index contributed by atoms with van der Waals surface area (Å²) in [5, 5.41) is 4.58. The molecule has 0 spiro atoms. The van der Waals surface area contributed by atoms with Gasteiger partial charge in [0.1, 0.15) is 0 Å². The predicted octanol–water partition coefficient (Wildman–Crippen LogP) is 12.7. The average molecular weight is 878 g/mol. The maximum Gasteiger partial charge on any atom is 2.00 e. The number of fused-ring (bicyclic) bond motifs is 5. The van der Waals surface area contributed by atoms with Crippen LogP contribution in [0.15, 0.2) is 146 Å². The third-order valence-corrected chi connectivity index (χ3v) is 11.1. The van der Waals surface area contributed by atoms with Gasteiger partial charge >= 0.3 is 21.1 Å². The van der Waals surface area contributed by atoms with Gasteiger partial charge in [0, 0.05) is 17.8 Å². The van der Waals surface area contributed by atoms with Crippen molar-refractivity contribution < 1.29 is 21.1 Å². The number of aromatic nitrogens is 2. The van der Waals surface area contributed by atoms with Gasteiger partial charge in [0.25, 0.3) is 0 Å². The van der Waals surface area contributed by atoms with E-state index in [0.717, 1.165) is 44.4 Å². The zero-order chi connectivity index (χ0) is 36.5. The second-order valence-electron chi connectivity index (χ2n) is 16.5. The van der Waals surface area contributed by atoms with E-state index >= 15 is 0 Å². The monoisotopic (exact) mass is 877 g/mol. The maximum atomic E-state index is 5.03. The number of benzene rings is 6. The molecule has 0 aliphatic heterocycles. The summed E-state index contributed by atoms with van der Waals surface area (Å²) in [6.45, 7) is 13.8. The quantitative estimate of drug-likeness (QED) is 0.165. The molecule has 0 amide bonds.